The maximum atomic E-state index is 12.0. The quantitative estimate of drug-likeness (QED) is 0.655. The highest BCUT2D eigenvalue weighted by Gasteiger charge is 2.33. The normalized spacial score (nSPS) is 15.7. The molecule has 0 spiro atoms. The number of nitro benzene ring substituents is 1. The van der Waals surface area contributed by atoms with Crippen LogP contribution in [0.2, 0.25) is 0 Å². The second-order valence-corrected chi connectivity index (χ2v) is 5.11. The van der Waals surface area contributed by atoms with E-state index in [9.17, 15) is 14.9 Å². The fourth-order valence-corrected chi connectivity index (χ4v) is 2.23. The summed E-state index contributed by atoms with van der Waals surface area (Å²) in [4.78, 5) is 22.4. The lowest BCUT2D eigenvalue weighted by molar-refractivity contribution is -0.385. The molecule has 0 atom stereocenters. The molecule has 1 aliphatic rings. The zero-order chi connectivity index (χ0) is 14.0. The number of nitrogens with two attached hydrogens (primary N) is 1. The Morgan fingerprint density at radius 2 is 2.15 bits per heavy atom. The third-order valence-corrected chi connectivity index (χ3v) is 3.70. The highest BCUT2D eigenvalue weighted by molar-refractivity contribution is 5.96. The number of benzene rings is 1. The van der Waals surface area contributed by atoms with Crippen molar-refractivity contribution in [3.05, 3.63) is 39.4 Å². The average Bonchev–Trinajstić information content (AvgIpc) is 2.33. The predicted molar refractivity (Wildman–Crippen MR) is 78.2 cm³/mol. The number of nitrogens with one attached hydrogen (secondary N) is 1. The van der Waals surface area contributed by atoms with Crippen molar-refractivity contribution in [1.82, 2.24) is 5.32 Å². The van der Waals surface area contributed by atoms with Crippen molar-refractivity contribution in [1.29, 1.82) is 0 Å². The van der Waals surface area contributed by atoms with Gasteiger partial charge >= 0.3 is 0 Å². The van der Waals surface area contributed by atoms with Gasteiger partial charge in [0.2, 0.25) is 0 Å². The average molecular weight is 300 g/mol. The van der Waals surface area contributed by atoms with E-state index in [1.165, 1.54) is 12.1 Å². The minimum atomic E-state index is -0.484. The van der Waals surface area contributed by atoms with E-state index >= 15 is 0 Å². The van der Waals surface area contributed by atoms with Crippen molar-refractivity contribution in [3.8, 4) is 0 Å². The van der Waals surface area contributed by atoms with Crippen LogP contribution in [0.25, 0.3) is 0 Å². The van der Waals surface area contributed by atoms with E-state index < -0.39 is 4.92 Å². The molecule has 0 unspecified atom stereocenters. The van der Waals surface area contributed by atoms with Gasteiger partial charge in [-0.1, -0.05) is 6.07 Å². The lowest BCUT2D eigenvalue weighted by Crippen LogP contribution is -2.55. The van der Waals surface area contributed by atoms with Gasteiger partial charge in [0, 0.05) is 29.3 Å². The van der Waals surface area contributed by atoms with Gasteiger partial charge in [0.25, 0.3) is 11.6 Å². The Morgan fingerprint density at radius 3 is 2.65 bits per heavy atom. The lowest BCUT2D eigenvalue weighted by atomic mass is 9.78. The van der Waals surface area contributed by atoms with Gasteiger partial charge < -0.3 is 11.1 Å². The SMILES string of the molecule is Cc1c(C(=O)NCC2(N)CCC2)cccc1[N+](=O)[O-].Cl. The van der Waals surface area contributed by atoms with E-state index in [1.54, 1.807) is 13.0 Å². The molecule has 6 nitrogen and oxygen atoms in total. The number of rotatable bonds is 4. The molecule has 1 aromatic rings. The van der Waals surface area contributed by atoms with Crippen LogP contribution in [0.3, 0.4) is 0 Å². The van der Waals surface area contributed by atoms with Crippen molar-refractivity contribution in [2.24, 2.45) is 5.73 Å². The van der Waals surface area contributed by atoms with Crippen LogP contribution in [0.15, 0.2) is 18.2 Å². The zero-order valence-corrected chi connectivity index (χ0v) is 12.0. The van der Waals surface area contributed by atoms with E-state index in [0.717, 1.165) is 19.3 Å². The van der Waals surface area contributed by atoms with E-state index in [4.69, 9.17) is 5.73 Å². The molecule has 1 aromatic carbocycles. The number of hydrogen-bond acceptors (Lipinski definition) is 4. The molecule has 7 heteroatoms. The zero-order valence-electron chi connectivity index (χ0n) is 11.2. The highest BCUT2D eigenvalue weighted by atomic mass is 35.5. The van der Waals surface area contributed by atoms with Crippen LogP contribution in [0.1, 0.15) is 35.2 Å². The van der Waals surface area contributed by atoms with E-state index in [-0.39, 0.29) is 29.5 Å². The minimum Gasteiger partial charge on any atom is -0.350 e. The second-order valence-electron chi connectivity index (χ2n) is 5.11. The summed E-state index contributed by atoms with van der Waals surface area (Å²) in [6.45, 7) is 1.99. The standard InChI is InChI=1S/C13H17N3O3.ClH/c1-9-10(4-2-5-11(9)16(18)19)12(17)15-8-13(14)6-3-7-13;/h2,4-5H,3,6-8,14H2,1H3,(H,15,17);1H. The molecule has 1 amide bonds. The fourth-order valence-electron chi connectivity index (χ4n) is 2.23. The number of amides is 1. The summed E-state index contributed by atoms with van der Waals surface area (Å²) in [5, 5.41) is 13.6. The van der Waals surface area contributed by atoms with Gasteiger partial charge in [-0.05, 0) is 32.3 Å². The summed E-state index contributed by atoms with van der Waals surface area (Å²) >= 11 is 0. The largest absolute Gasteiger partial charge is 0.350 e. The molecule has 1 fully saturated rings. The third kappa shape index (κ3) is 3.26. The molecule has 2 rings (SSSR count). The van der Waals surface area contributed by atoms with Gasteiger partial charge in [0.05, 0.1) is 4.92 Å². The first-order valence-corrected chi connectivity index (χ1v) is 6.24. The lowest BCUT2D eigenvalue weighted by Gasteiger charge is -2.38. The monoisotopic (exact) mass is 299 g/mol. The summed E-state index contributed by atoms with van der Waals surface area (Å²) in [6, 6.07) is 4.49. The molecule has 0 saturated heterocycles. The maximum absolute atomic E-state index is 12.0. The Morgan fingerprint density at radius 1 is 1.50 bits per heavy atom. The minimum absolute atomic E-state index is 0. The Bertz CT molecular complexity index is 530. The molecule has 0 aliphatic heterocycles. The van der Waals surface area contributed by atoms with Crippen LogP contribution in [-0.4, -0.2) is 22.9 Å². The predicted octanol–water partition coefficient (Wildman–Crippen LogP) is 1.94. The molecule has 20 heavy (non-hydrogen) atoms. The first-order valence-electron chi connectivity index (χ1n) is 6.24. The molecule has 0 heterocycles. The van der Waals surface area contributed by atoms with Gasteiger partial charge in [-0.15, -0.1) is 12.4 Å². The molecule has 110 valence electrons. The number of halogens is 1. The van der Waals surface area contributed by atoms with Crippen LogP contribution >= 0.6 is 12.4 Å². The number of hydrogen-bond donors (Lipinski definition) is 2. The molecular formula is C13H18ClN3O3. The summed E-state index contributed by atoms with van der Waals surface area (Å²) in [5.74, 6) is -0.307. The highest BCUT2D eigenvalue weighted by Crippen LogP contribution is 2.28. The van der Waals surface area contributed by atoms with E-state index in [2.05, 4.69) is 5.32 Å². The topological polar surface area (TPSA) is 98.3 Å². The molecule has 0 aromatic heterocycles. The van der Waals surface area contributed by atoms with E-state index in [1.807, 2.05) is 0 Å². The Hall–Kier alpha value is -1.66. The second kappa shape index (κ2) is 6.19. The van der Waals surface area contributed by atoms with Gasteiger partial charge in [0.1, 0.15) is 0 Å². The van der Waals surface area contributed by atoms with Gasteiger partial charge in [0.15, 0.2) is 0 Å². The smallest absolute Gasteiger partial charge is 0.273 e. The third-order valence-electron chi connectivity index (χ3n) is 3.70. The Kier molecular flexibility index (Phi) is 5.08. The number of nitrogens with zero attached hydrogens (tertiary/aromatic N) is 1. The summed E-state index contributed by atoms with van der Waals surface area (Å²) in [7, 11) is 0. The van der Waals surface area contributed by atoms with E-state index in [0.29, 0.717) is 17.7 Å². The molecule has 0 radical (unpaired) electrons. The molecule has 1 saturated carbocycles. The first-order chi connectivity index (χ1) is 8.93. The van der Waals surface area contributed by atoms with Crippen LogP contribution in [-0.2, 0) is 0 Å². The van der Waals surface area contributed by atoms with Gasteiger partial charge in [-0.3, -0.25) is 14.9 Å². The summed E-state index contributed by atoms with van der Waals surface area (Å²) in [5.41, 5.74) is 6.39. The summed E-state index contributed by atoms with van der Waals surface area (Å²) in [6.07, 6.45) is 2.89. The molecule has 3 N–H and O–H groups in total. The fraction of sp³-hybridized carbons (Fsp3) is 0.462. The van der Waals surface area contributed by atoms with Crippen molar-refractivity contribution in [3.63, 3.8) is 0 Å². The Labute approximate surface area is 123 Å². The molecular weight excluding hydrogens is 282 g/mol. The van der Waals surface area contributed by atoms with Crippen molar-refractivity contribution < 1.29 is 9.72 Å². The van der Waals surface area contributed by atoms with Crippen molar-refractivity contribution >= 4 is 24.0 Å². The van der Waals surface area contributed by atoms with Crippen LogP contribution in [0.4, 0.5) is 5.69 Å². The van der Waals surface area contributed by atoms with Crippen molar-refractivity contribution in [2.75, 3.05) is 6.54 Å². The Balaban J connectivity index is 0.00000200. The molecule has 1 aliphatic carbocycles. The van der Waals surface area contributed by atoms with Crippen LogP contribution < -0.4 is 11.1 Å². The number of nitro groups is 1. The number of carbonyl (C=O) groups is 1. The van der Waals surface area contributed by atoms with Crippen LogP contribution in [0, 0.1) is 17.0 Å². The van der Waals surface area contributed by atoms with Crippen LogP contribution in [0.5, 0.6) is 0 Å². The molecule has 0 bridgehead atoms. The number of carbonyl (C=O) groups excluding carboxylic acids is 1. The van der Waals surface area contributed by atoms with Gasteiger partial charge in [-0.25, -0.2) is 0 Å². The van der Waals surface area contributed by atoms with Crippen molar-refractivity contribution in [2.45, 2.75) is 31.7 Å². The van der Waals surface area contributed by atoms with Gasteiger partial charge in [-0.2, -0.15) is 0 Å². The summed E-state index contributed by atoms with van der Waals surface area (Å²) < 4.78 is 0. The maximum Gasteiger partial charge on any atom is 0.273 e. The first kappa shape index (κ1) is 16.4.